The summed E-state index contributed by atoms with van der Waals surface area (Å²) in [5, 5.41) is 13.7. The maximum atomic E-state index is 11.2. The number of carbonyl (C=O) groups is 1. The van der Waals surface area contributed by atoms with Gasteiger partial charge in [0, 0.05) is 25.7 Å². The van der Waals surface area contributed by atoms with Crippen LogP contribution in [0.3, 0.4) is 0 Å². The molecule has 1 amide bonds. The van der Waals surface area contributed by atoms with Crippen LogP contribution in [-0.4, -0.2) is 61.4 Å². The number of rotatable bonds is 2. The Bertz CT molecular complexity index is 719. The molecule has 0 saturated carbocycles. The van der Waals surface area contributed by atoms with E-state index in [1.54, 1.807) is 0 Å². The summed E-state index contributed by atoms with van der Waals surface area (Å²) in [6.07, 6.45) is 1.35. The molecule has 2 aromatic rings. The van der Waals surface area contributed by atoms with Crippen LogP contribution in [0.1, 0.15) is 13.3 Å². The first-order chi connectivity index (χ1) is 10.5. The van der Waals surface area contributed by atoms with E-state index >= 15 is 0 Å². The third-order valence-electron chi connectivity index (χ3n) is 3.81. The molecular formula is C12H16ClN7O2. The van der Waals surface area contributed by atoms with Crippen molar-refractivity contribution >= 4 is 35.2 Å². The van der Waals surface area contributed by atoms with Crippen LogP contribution >= 0.6 is 11.6 Å². The molecule has 1 fully saturated rings. The average molecular weight is 326 g/mol. The predicted octanol–water partition coefficient (Wildman–Crippen LogP) is 0.939. The molecule has 3 heterocycles. The van der Waals surface area contributed by atoms with Crippen molar-refractivity contribution in [3.05, 3.63) is 11.2 Å². The van der Waals surface area contributed by atoms with E-state index in [0.29, 0.717) is 36.3 Å². The van der Waals surface area contributed by atoms with Crippen LogP contribution < -0.4 is 10.6 Å². The van der Waals surface area contributed by atoms with Gasteiger partial charge in [-0.25, -0.2) is 4.79 Å². The number of anilines is 2. The van der Waals surface area contributed by atoms with E-state index in [2.05, 4.69) is 15.1 Å². The summed E-state index contributed by atoms with van der Waals surface area (Å²) in [6.45, 7) is 3.31. The van der Waals surface area contributed by atoms with E-state index in [4.69, 9.17) is 22.4 Å². The van der Waals surface area contributed by atoms with Gasteiger partial charge in [0.25, 0.3) is 0 Å². The number of nitrogens with two attached hydrogens (primary N) is 1. The number of aromatic nitrogens is 4. The minimum Gasteiger partial charge on any atom is -0.465 e. The first-order valence-corrected chi connectivity index (χ1v) is 7.30. The Balaban J connectivity index is 2.01. The second-order valence-electron chi connectivity index (χ2n) is 5.09. The SMILES string of the molecule is CC[C@H]1CN(C(=O)O)CCN1c1nc(N)nc2c(Cl)cnn12. The maximum absolute atomic E-state index is 11.2. The molecule has 22 heavy (non-hydrogen) atoms. The summed E-state index contributed by atoms with van der Waals surface area (Å²) in [4.78, 5) is 22.9. The van der Waals surface area contributed by atoms with Gasteiger partial charge in [0.2, 0.25) is 11.9 Å². The Morgan fingerprint density at radius 2 is 2.27 bits per heavy atom. The van der Waals surface area contributed by atoms with Crippen molar-refractivity contribution in [2.75, 3.05) is 30.3 Å². The van der Waals surface area contributed by atoms with Gasteiger partial charge in [-0.05, 0) is 6.42 Å². The second kappa shape index (κ2) is 5.48. The first-order valence-electron chi connectivity index (χ1n) is 6.92. The van der Waals surface area contributed by atoms with Crippen LogP contribution in [-0.2, 0) is 0 Å². The topological polar surface area (TPSA) is 113 Å². The van der Waals surface area contributed by atoms with Crippen molar-refractivity contribution in [2.45, 2.75) is 19.4 Å². The monoisotopic (exact) mass is 325 g/mol. The highest BCUT2D eigenvalue weighted by atomic mass is 35.5. The van der Waals surface area contributed by atoms with Crippen molar-refractivity contribution in [2.24, 2.45) is 0 Å². The molecule has 3 N–H and O–H groups in total. The molecule has 0 aliphatic carbocycles. The van der Waals surface area contributed by atoms with Gasteiger partial charge in [0.15, 0.2) is 5.65 Å². The van der Waals surface area contributed by atoms with E-state index in [1.807, 2.05) is 11.8 Å². The number of hydrogen-bond acceptors (Lipinski definition) is 6. The molecule has 3 rings (SSSR count). The summed E-state index contributed by atoms with van der Waals surface area (Å²) in [5.74, 6) is 0.645. The van der Waals surface area contributed by atoms with Gasteiger partial charge in [-0.15, -0.1) is 0 Å². The van der Waals surface area contributed by atoms with Crippen LogP contribution in [0.2, 0.25) is 5.02 Å². The molecule has 9 nitrogen and oxygen atoms in total. The average Bonchev–Trinajstić information content (AvgIpc) is 2.87. The lowest BCUT2D eigenvalue weighted by molar-refractivity contribution is 0.134. The minimum absolute atomic E-state index is 0.00896. The largest absolute Gasteiger partial charge is 0.465 e. The van der Waals surface area contributed by atoms with E-state index in [1.165, 1.54) is 15.6 Å². The lowest BCUT2D eigenvalue weighted by Crippen LogP contribution is -2.55. The highest BCUT2D eigenvalue weighted by Crippen LogP contribution is 2.24. The van der Waals surface area contributed by atoms with E-state index in [-0.39, 0.29) is 12.0 Å². The summed E-state index contributed by atoms with van der Waals surface area (Å²) in [7, 11) is 0. The summed E-state index contributed by atoms with van der Waals surface area (Å²) in [6, 6.07) is -0.00896. The number of halogens is 1. The Morgan fingerprint density at radius 3 is 2.95 bits per heavy atom. The van der Waals surface area contributed by atoms with Crippen LogP contribution in [0.15, 0.2) is 6.20 Å². The fourth-order valence-electron chi connectivity index (χ4n) is 2.68. The van der Waals surface area contributed by atoms with Gasteiger partial charge in [0.1, 0.15) is 5.02 Å². The zero-order valence-electron chi connectivity index (χ0n) is 12.0. The molecule has 0 spiro atoms. The first kappa shape index (κ1) is 14.6. The molecule has 0 unspecified atom stereocenters. The Labute approximate surface area is 131 Å². The summed E-state index contributed by atoms with van der Waals surface area (Å²) in [5.41, 5.74) is 6.21. The smallest absolute Gasteiger partial charge is 0.407 e. The molecule has 118 valence electrons. The number of piperazine rings is 1. The molecule has 1 aliphatic rings. The third-order valence-corrected chi connectivity index (χ3v) is 4.07. The molecule has 1 atom stereocenters. The van der Waals surface area contributed by atoms with Crippen LogP contribution in [0, 0.1) is 0 Å². The zero-order chi connectivity index (χ0) is 15.9. The van der Waals surface area contributed by atoms with Crippen molar-refractivity contribution in [3.8, 4) is 0 Å². The highest BCUT2D eigenvalue weighted by molar-refractivity contribution is 6.33. The van der Waals surface area contributed by atoms with Crippen LogP contribution in [0.5, 0.6) is 0 Å². The lowest BCUT2D eigenvalue weighted by Gasteiger charge is -2.40. The number of nitrogen functional groups attached to an aromatic ring is 1. The molecule has 1 saturated heterocycles. The third kappa shape index (κ3) is 2.37. The van der Waals surface area contributed by atoms with Gasteiger partial charge in [-0.1, -0.05) is 18.5 Å². The van der Waals surface area contributed by atoms with Crippen molar-refractivity contribution in [3.63, 3.8) is 0 Å². The quantitative estimate of drug-likeness (QED) is 0.844. The fourth-order valence-corrected chi connectivity index (χ4v) is 2.85. The second-order valence-corrected chi connectivity index (χ2v) is 5.50. The standard InChI is InChI=1S/C12H16ClN7O2/c1-2-7-6-18(12(21)22)3-4-19(7)11-17-10(14)16-9-8(13)5-15-20(9)11/h5,7H,2-4,6H2,1H3,(H2,14,16)(H,21,22)/t7-/m0/s1. The van der Waals surface area contributed by atoms with Crippen LogP contribution in [0.25, 0.3) is 5.65 Å². The van der Waals surface area contributed by atoms with E-state index < -0.39 is 6.09 Å². The van der Waals surface area contributed by atoms with Gasteiger partial charge in [-0.2, -0.15) is 19.6 Å². The molecule has 10 heteroatoms. The molecular weight excluding hydrogens is 310 g/mol. The molecule has 1 aliphatic heterocycles. The van der Waals surface area contributed by atoms with E-state index in [0.717, 1.165) is 6.42 Å². The Morgan fingerprint density at radius 1 is 1.50 bits per heavy atom. The lowest BCUT2D eigenvalue weighted by atomic mass is 10.1. The Hall–Kier alpha value is -2.29. The highest BCUT2D eigenvalue weighted by Gasteiger charge is 2.31. The number of fused-ring (bicyclic) bond motifs is 1. The molecule has 0 bridgehead atoms. The maximum Gasteiger partial charge on any atom is 0.407 e. The van der Waals surface area contributed by atoms with Gasteiger partial charge < -0.3 is 20.6 Å². The number of nitrogens with zero attached hydrogens (tertiary/aromatic N) is 6. The normalized spacial score (nSPS) is 18.9. The number of hydrogen-bond donors (Lipinski definition) is 2. The van der Waals surface area contributed by atoms with Crippen molar-refractivity contribution < 1.29 is 9.90 Å². The molecule has 0 radical (unpaired) electrons. The predicted molar refractivity (Wildman–Crippen MR) is 81.2 cm³/mol. The van der Waals surface area contributed by atoms with E-state index in [9.17, 15) is 4.79 Å². The van der Waals surface area contributed by atoms with Crippen molar-refractivity contribution in [1.82, 2.24) is 24.5 Å². The Kier molecular flexibility index (Phi) is 3.65. The van der Waals surface area contributed by atoms with Crippen molar-refractivity contribution in [1.29, 1.82) is 0 Å². The van der Waals surface area contributed by atoms with Gasteiger partial charge in [0.05, 0.1) is 6.20 Å². The van der Waals surface area contributed by atoms with Crippen LogP contribution in [0.4, 0.5) is 16.7 Å². The van der Waals surface area contributed by atoms with Gasteiger partial charge >= 0.3 is 6.09 Å². The molecule has 0 aromatic carbocycles. The molecule has 2 aromatic heterocycles. The number of amides is 1. The summed E-state index contributed by atoms with van der Waals surface area (Å²) < 4.78 is 1.54. The fraction of sp³-hybridized carbons (Fsp3) is 0.500. The van der Waals surface area contributed by atoms with Gasteiger partial charge in [-0.3, -0.25) is 0 Å². The zero-order valence-corrected chi connectivity index (χ0v) is 12.7. The minimum atomic E-state index is -0.910. The number of carboxylic acid groups (broad SMARTS) is 1. The summed E-state index contributed by atoms with van der Waals surface area (Å²) >= 11 is 6.06.